The minimum Gasteiger partial charge on any atom is -0.450 e. The first-order valence-electron chi connectivity index (χ1n) is 8.59. The van der Waals surface area contributed by atoms with E-state index in [9.17, 15) is 19.7 Å². The number of nitro groups is 1. The number of rotatable bonds is 3. The van der Waals surface area contributed by atoms with Crippen molar-refractivity contribution in [3.8, 4) is 0 Å². The van der Waals surface area contributed by atoms with Gasteiger partial charge in [-0.25, -0.2) is 4.98 Å². The molecule has 5 rings (SSSR count). The third kappa shape index (κ3) is 2.55. The van der Waals surface area contributed by atoms with Crippen LogP contribution < -0.4 is 10.3 Å². The van der Waals surface area contributed by atoms with Gasteiger partial charge in [0.25, 0.3) is 11.6 Å². The standard InChI is InChI=1S/C20H11N3O5S/c24-17-13-6-1-2-7-14(13)28-18-15(17)16(11-4-3-5-12(10-11)23(26)27)22(19(18)25)20-21-8-9-29-20/h1-10,16H/t16-/m1/s1. The van der Waals surface area contributed by atoms with Crippen molar-refractivity contribution < 1.29 is 14.1 Å². The smallest absolute Gasteiger partial charge is 0.297 e. The van der Waals surface area contributed by atoms with Gasteiger partial charge in [0.2, 0.25) is 5.76 Å². The lowest BCUT2D eigenvalue weighted by Crippen LogP contribution is -2.29. The fourth-order valence-electron chi connectivity index (χ4n) is 3.58. The number of para-hydroxylation sites is 1. The molecule has 1 aliphatic heterocycles. The van der Waals surface area contributed by atoms with Crippen LogP contribution in [0.25, 0.3) is 11.0 Å². The molecule has 0 unspecified atom stereocenters. The van der Waals surface area contributed by atoms with Crippen LogP contribution in [0.1, 0.15) is 27.7 Å². The summed E-state index contributed by atoms with van der Waals surface area (Å²) >= 11 is 1.23. The number of aromatic nitrogens is 1. The molecule has 1 aliphatic rings. The van der Waals surface area contributed by atoms with Gasteiger partial charge >= 0.3 is 0 Å². The second kappa shape index (κ2) is 6.35. The molecule has 0 radical (unpaired) electrons. The summed E-state index contributed by atoms with van der Waals surface area (Å²) in [6.07, 6.45) is 1.55. The summed E-state index contributed by atoms with van der Waals surface area (Å²) in [6, 6.07) is 11.7. The molecule has 0 saturated carbocycles. The highest BCUT2D eigenvalue weighted by molar-refractivity contribution is 7.13. The van der Waals surface area contributed by atoms with E-state index in [1.807, 2.05) is 0 Å². The molecule has 4 aromatic rings. The van der Waals surface area contributed by atoms with Crippen molar-refractivity contribution in [2.75, 3.05) is 4.90 Å². The van der Waals surface area contributed by atoms with Crippen LogP contribution in [0.5, 0.6) is 0 Å². The van der Waals surface area contributed by atoms with Crippen molar-refractivity contribution in [1.82, 2.24) is 4.98 Å². The molecule has 2 aromatic carbocycles. The summed E-state index contributed by atoms with van der Waals surface area (Å²) in [5, 5.41) is 13.7. The number of carbonyl (C=O) groups excluding carboxylic acids is 1. The van der Waals surface area contributed by atoms with Gasteiger partial charge in [-0.3, -0.25) is 24.6 Å². The minimum absolute atomic E-state index is 0.0691. The van der Waals surface area contributed by atoms with Crippen molar-refractivity contribution >= 4 is 39.0 Å². The van der Waals surface area contributed by atoms with Gasteiger partial charge < -0.3 is 4.42 Å². The Kier molecular flexibility index (Phi) is 3.78. The van der Waals surface area contributed by atoms with Gasteiger partial charge in [0.15, 0.2) is 10.6 Å². The van der Waals surface area contributed by atoms with E-state index in [4.69, 9.17) is 4.42 Å². The molecule has 0 spiro atoms. The molecule has 9 heteroatoms. The molecule has 2 aromatic heterocycles. The van der Waals surface area contributed by atoms with E-state index in [0.29, 0.717) is 21.7 Å². The number of hydrogen-bond acceptors (Lipinski definition) is 7. The number of non-ortho nitro benzene ring substituents is 1. The van der Waals surface area contributed by atoms with Gasteiger partial charge in [0.1, 0.15) is 5.58 Å². The largest absolute Gasteiger partial charge is 0.450 e. The number of nitrogens with zero attached hydrogens (tertiary/aromatic N) is 3. The molecule has 142 valence electrons. The van der Waals surface area contributed by atoms with Gasteiger partial charge in [-0.15, -0.1) is 11.3 Å². The number of benzene rings is 2. The summed E-state index contributed by atoms with van der Waals surface area (Å²) in [6.45, 7) is 0. The maximum Gasteiger partial charge on any atom is 0.297 e. The third-order valence-corrected chi connectivity index (χ3v) is 5.57. The Morgan fingerprint density at radius 2 is 1.97 bits per heavy atom. The van der Waals surface area contributed by atoms with Crippen LogP contribution in [0.2, 0.25) is 0 Å². The molecule has 3 heterocycles. The summed E-state index contributed by atoms with van der Waals surface area (Å²) in [5.41, 5.74) is 0.426. The number of nitro benzene ring substituents is 1. The van der Waals surface area contributed by atoms with Crippen molar-refractivity contribution in [2.24, 2.45) is 0 Å². The van der Waals surface area contributed by atoms with E-state index in [2.05, 4.69) is 4.98 Å². The average Bonchev–Trinajstić information content (AvgIpc) is 3.35. The van der Waals surface area contributed by atoms with Crippen molar-refractivity contribution in [1.29, 1.82) is 0 Å². The molecule has 29 heavy (non-hydrogen) atoms. The zero-order chi connectivity index (χ0) is 20.1. The monoisotopic (exact) mass is 405 g/mol. The topological polar surface area (TPSA) is 107 Å². The molecule has 0 fully saturated rings. The highest BCUT2D eigenvalue weighted by Gasteiger charge is 2.45. The van der Waals surface area contributed by atoms with E-state index in [0.717, 1.165) is 0 Å². The first-order valence-corrected chi connectivity index (χ1v) is 9.47. The van der Waals surface area contributed by atoms with E-state index in [1.54, 1.807) is 41.9 Å². The predicted molar refractivity (Wildman–Crippen MR) is 106 cm³/mol. The van der Waals surface area contributed by atoms with Gasteiger partial charge in [0, 0.05) is 23.7 Å². The first kappa shape index (κ1) is 17.3. The molecule has 8 nitrogen and oxygen atoms in total. The number of hydrogen-bond donors (Lipinski definition) is 0. The third-order valence-electron chi connectivity index (χ3n) is 4.80. The summed E-state index contributed by atoms with van der Waals surface area (Å²) in [7, 11) is 0. The van der Waals surface area contributed by atoms with Gasteiger partial charge in [-0.05, 0) is 17.7 Å². The Morgan fingerprint density at radius 3 is 2.72 bits per heavy atom. The lowest BCUT2D eigenvalue weighted by atomic mass is 9.98. The van der Waals surface area contributed by atoms with Crippen LogP contribution in [0.15, 0.2) is 69.3 Å². The quantitative estimate of drug-likeness (QED) is 0.378. The summed E-state index contributed by atoms with van der Waals surface area (Å²) in [5.74, 6) is -0.574. The Hall–Kier alpha value is -3.85. The predicted octanol–water partition coefficient (Wildman–Crippen LogP) is 3.91. The molecule has 0 aliphatic carbocycles. The normalized spacial score (nSPS) is 15.7. The van der Waals surface area contributed by atoms with Crippen molar-refractivity contribution in [3.05, 3.63) is 97.3 Å². The molecule has 0 N–H and O–H groups in total. The van der Waals surface area contributed by atoms with Gasteiger partial charge in [-0.1, -0.05) is 24.3 Å². The van der Waals surface area contributed by atoms with Gasteiger partial charge in [0.05, 0.1) is 21.9 Å². The molecule has 1 amide bonds. The second-order valence-corrected chi connectivity index (χ2v) is 7.29. The van der Waals surface area contributed by atoms with E-state index < -0.39 is 16.9 Å². The van der Waals surface area contributed by atoms with Gasteiger partial charge in [-0.2, -0.15) is 0 Å². The Bertz CT molecular complexity index is 1350. The maximum absolute atomic E-state index is 13.3. The van der Waals surface area contributed by atoms with E-state index >= 15 is 0 Å². The Labute approximate surface area is 166 Å². The van der Waals surface area contributed by atoms with E-state index in [-0.39, 0.29) is 22.4 Å². The minimum atomic E-state index is -0.871. The number of thiazole rings is 1. The zero-order valence-electron chi connectivity index (χ0n) is 14.6. The van der Waals surface area contributed by atoms with Crippen LogP contribution in [0.3, 0.4) is 0 Å². The van der Waals surface area contributed by atoms with Crippen molar-refractivity contribution in [3.63, 3.8) is 0 Å². The fourth-order valence-corrected chi connectivity index (χ4v) is 4.24. The van der Waals surface area contributed by atoms with E-state index in [1.165, 1.54) is 34.4 Å². The zero-order valence-corrected chi connectivity index (χ0v) is 15.5. The maximum atomic E-state index is 13.3. The molecule has 0 saturated heterocycles. The number of fused-ring (bicyclic) bond motifs is 2. The average molecular weight is 405 g/mol. The summed E-state index contributed by atoms with van der Waals surface area (Å²) in [4.78, 5) is 42.8. The molecule has 0 bridgehead atoms. The molecule has 1 atom stereocenters. The Balaban J connectivity index is 1.83. The Morgan fingerprint density at radius 1 is 1.14 bits per heavy atom. The van der Waals surface area contributed by atoms with Crippen molar-refractivity contribution in [2.45, 2.75) is 6.04 Å². The van der Waals surface area contributed by atoms with Crippen LogP contribution >= 0.6 is 11.3 Å². The highest BCUT2D eigenvalue weighted by Crippen LogP contribution is 2.42. The number of carbonyl (C=O) groups is 1. The lowest BCUT2D eigenvalue weighted by Gasteiger charge is -2.22. The fraction of sp³-hybridized carbons (Fsp3) is 0.0500. The SMILES string of the molecule is O=C1c2oc3ccccc3c(=O)c2[C@@H](c2cccc([N+](=O)[O-])c2)N1c1nccs1. The molecular formula is C20H11N3O5S. The van der Waals surface area contributed by atoms with Crippen LogP contribution in [-0.4, -0.2) is 15.8 Å². The number of anilines is 1. The first-order chi connectivity index (χ1) is 14.1. The van der Waals surface area contributed by atoms with Crippen LogP contribution in [-0.2, 0) is 0 Å². The van der Waals surface area contributed by atoms with Crippen LogP contribution in [0, 0.1) is 10.1 Å². The molecular weight excluding hydrogens is 394 g/mol. The highest BCUT2D eigenvalue weighted by atomic mass is 32.1. The number of amides is 1. The summed E-state index contributed by atoms with van der Waals surface area (Å²) < 4.78 is 5.81. The second-order valence-electron chi connectivity index (χ2n) is 6.41. The lowest BCUT2D eigenvalue weighted by molar-refractivity contribution is -0.384. The van der Waals surface area contributed by atoms with Crippen LogP contribution in [0.4, 0.5) is 10.8 Å².